The van der Waals surface area contributed by atoms with Gasteiger partial charge in [-0.15, -0.1) is 0 Å². The number of carbonyl (C=O) groups excluding carboxylic acids is 1. The van der Waals surface area contributed by atoms with E-state index in [0.29, 0.717) is 37.8 Å². The first-order valence-corrected chi connectivity index (χ1v) is 8.41. The van der Waals surface area contributed by atoms with E-state index in [0.717, 1.165) is 5.56 Å². The molecule has 2 N–H and O–H groups in total. The van der Waals surface area contributed by atoms with Crippen LogP contribution in [0.25, 0.3) is 0 Å². The molecule has 132 valence electrons. The van der Waals surface area contributed by atoms with Crippen LogP contribution in [0, 0.1) is 17.2 Å². The second-order valence-electron chi connectivity index (χ2n) is 6.24. The van der Waals surface area contributed by atoms with Crippen LogP contribution in [0.5, 0.6) is 0 Å². The molecular weight excluding hydrogens is 334 g/mol. The number of fused-ring (bicyclic) bond motifs is 1. The topological polar surface area (TPSA) is 111 Å². The number of hydrogen-bond donors (Lipinski definition) is 2. The second-order valence-corrected chi connectivity index (χ2v) is 6.24. The molecule has 8 heteroatoms. The minimum absolute atomic E-state index is 0.223. The summed E-state index contributed by atoms with van der Waals surface area (Å²) in [5.74, 6) is -1.46. The van der Waals surface area contributed by atoms with E-state index < -0.39 is 17.7 Å². The monoisotopic (exact) mass is 351 g/mol. The molecule has 0 bridgehead atoms. The zero-order valence-electron chi connectivity index (χ0n) is 13.9. The van der Waals surface area contributed by atoms with Crippen molar-refractivity contribution >= 4 is 17.7 Å². The Kier molecular flexibility index (Phi) is 4.14. The number of H-pyrrole nitrogens is 1. The summed E-state index contributed by atoms with van der Waals surface area (Å²) in [6.45, 7) is 2.32. The van der Waals surface area contributed by atoms with E-state index in [2.05, 4.69) is 15.3 Å². The van der Waals surface area contributed by atoms with Crippen LogP contribution in [0.15, 0.2) is 35.1 Å². The van der Waals surface area contributed by atoms with E-state index in [1.165, 1.54) is 0 Å². The number of hydrogen-bond acceptors (Lipinski definition) is 6. The van der Waals surface area contributed by atoms with Crippen LogP contribution < -0.4 is 15.8 Å². The van der Waals surface area contributed by atoms with Gasteiger partial charge in [0.1, 0.15) is 11.7 Å². The molecule has 8 nitrogen and oxygen atoms in total. The number of nitrogens with one attached hydrogen (secondary N) is 2. The van der Waals surface area contributed by atoms with Crippen LogP contribution in [0.3, 0.4) is 0 Å². The number of anilines is 2. The maximum absolute atomic E-state index is 12.9. The van der Waals surface area contributed by atoms with Crippen molar-refractivity contribution in [1.82, 2.24) is 9.97 Å². The van der Waals surface area contributed by atoms with Crippen LogP contribution in [-0.2, 0) is 9.53 Å². The summed E-state index contributed by atoms with van der Waals surface area (Å²) in [5.41, 5.74) is 0.714. The smallest absolute Gasteiger partial charge is 0.258 e. The number of ether oxygens (including phenoxy) is 1. The average molecular weight is 351 g/mol. The highest BCUT2D eigenvalue weighted by molar-refractivity contribution is 5.97. The summed E-state index contributed by atoms with van der Waals surface area (Å²) in [6, 6.07) is 11.1. The van der Waals surface area contributed by atoms with Crippen molar-refractivity contribution in [1.29, 1.82) is 5.26 Å². The lowest BCUT2D eigenvalue weighted by molar-refractivity contribution is -0.119. The van der Waals surface area contributed by atoms with E-state index in [1.807, 2.05) is 41.3 Å². The lowest BCUT2D eigenvalue weighted by Crippen LogP contribution is -2.41. The van der Waals surface area contributed by atoms with Gasteiger partial charge in [0.2, 0.25) is 11.9 Å². The Hall–Kier alpha value is -3.18. The van der Waals surface area contributed by atoms with E-state index in [-0.39, 0.29) is 11.4 Å². The van der Waals surface area contributed by atoms with E-state index in [4.69, 9.17) is 4.74 Å². The molecule has 1 amide bonds. The second kappa shape index (κ2) is 6.61. The Morgan fingerprint density at radius 2 is 1.92 bits per heavy atom. The third kappa shape index (κ3) is 2.72. The first kappa shape index (κ1) is 16.3. The molecule has 0 unspecified atom stereocenters. The van der Waals surface area contributed by atoms with Gasteiger partial charge in [-0.05, 0) is 5.56 Å². The molecule has 26 heavy (non-hydrogen) atoms. The minimum Gasteiger partial charge on any atom is -0.378 e. The van der Waals surface area contributed by atoms with Crippen molar-refractivity contribution in [2.75, 3.05) is 36.5 Å². The molecule has 1 fully saturated rings. The fraction of sp³-hybridized carbons (Fsp3) is 0.333. The number of morpholine rings is 1. The van der Waals surface area contributed by atoms with E-state index in [1.54, 1.807) is 0 Å². The predicted molar refractivity (Wildman–Crippen MR) is 93.9 cm³/mol. The predicted octanol–water partition coefficient (Wildman–Crippen LogP) is 0.830. The number of benzene rings is 1. The van der Waals surface area contributed by atoms with Crippen molar-refractivity contribution in [3.8, 4) is 6.07 Å². The third-order valence-electron chi connectivity index (χ3n) is 4.72. The van der Waals surface area contributed by atoms with Gasteiger partial charge in [-0.25, -0.2) is 0 Å². The van der Waals surface area contributed by atoms with Gasteiger partial charge in [0.25, 0.3) is 5.56 Å². The highest BCUT2D eigenvalue weighted by atomic mass is 16.5. The molecule has 0 radical (unpaired) electrons. The lowest BCUT2D eigenvalue weighted by Gasteiger charge is -2.31. The SMILES string of the molecule is N#C[C@H]1C(=O)Nc2nc(N3CCOCC3)[nH]c(=O)c2[C@H]1c1ccccc1. The molecule has 0 spiro atoms. The molecule has 1 aromatic heterocycles. The zero-order chi connectivity index (χ0) is 18.1. The summed E-state index contributed by atoms with van der Waals surface area (Å²) in [5, 5.41) is 12.1. The van der Waals surface area contributed by atoms with Crippen LogP contribution in [0.4, 0.5) is 11.8 Å². The molecule has 2 atom stereocenters. The maximum Gasteiger partial charge on any atom is 0.258 e. The van der Waals surface area contributed by atoms with Crippen molar-refractivity contribution in [2.45, 2.75) is 5.92 Å². The standard InChI is InChI=1S/C18H17N5O3/c19-10-12-13(11-4-2-1-3-5-11)14-15(20-16(12)24)21-18(22-17(14)25)23-6-8-26-9-7-23/h1-5,12-13H,6-9H2,(H2,20,21,22,24,25)/t12-,13+/m1/s1. The molecule has 0 aliphatic carbocycles. The number of amides is 1. The average Bonchev–Trinajstić information content (AvgIpc) is 2.68. The van der Waals surface area contributed by atoms with Crippen LogP contribution in [-0.4, -0.2) is 42.2 Å². The van der Waals surface area contributed by atoms with Crippen molar-refractivity contribution in [3.63, 3.8) is 0 Å². The molecule has 2 aliphatic rings. The van der Waals surface area contributed by atoms with E-state index in [9.17, 15) is 14.9 Å². The van der Waals surface area contributed by atoms with Crippen LogP contribution in [0.2, 0.25) is 0 Å². The van der Waals surface area contributed by atoms with Gasteiger partial charge in [-0.3, -0.25) is 14.6 Å². The first-order valence-electron chi connectivity index (χ1n) is 8.41. The summed E-state index contributed by atoms with van der Waals surface area (Å²) in [7, 11) is 0. The third-order valence-corrected chi connectivity index (χ3v) is 4.72. The Morgan fingerprint density at radius 1 is 1.19 bits per heavy atom. The quantitative estimate of drug-likeness (QED) is 0.829. The fourth-order valence-electron chi connectivity index (χ4n) is 3.44. The highest BCUT2D eigenvalue weighted by Crippen LogP contribution is 2.37. The number of aromatic amines is 1. The molecule has 1 aromatic carbocycles. The van der Waals surface area contributed by atoms with Gasteiger partial charge >= 0.3 is 0 Å². The van der Waals surface area contributed by atoms with Crippen molar-refractivity contribution in [3.05, 3.63) is 51.8 Å². The molecule has 0 saturated carbocycles. The molecule has 3 heterocycles. The van der Waals surface area contributed by atoms with Crippen LogP contribution >= 0.6 is 0 Å². The largest absolute Gasteiger partial charge is 0.378 e. The number of nitriles is 1. The number of carbonyl (C=O) groups is 1. The summed E-state index contributed by atoms with van der Waals surface area (Å²) in [6.07, 6.45) is 0. The lowest BCUT2D eigenvalue weighted by atomic mass is 9.79. The highest BCUT2D eigenvalue weighted by Gasteiger charge is 2.40. The number of rotatable bonds is 2. The van der Waals surface area contributed by atoms with Gasteiger partial charge in [0, 0.05) is 19.0 Å². The van der Waals surface area contributed by atoms with Gasteiger partial charge < -0.3 is 15.0 Å². The number of aromatic nitrogens is 2. The number of nitrogens with zero attached hydrogens (tertiary/aromatic N) is 3. The minimum atomic E-state index is -0.984. The summed E-state index contributed by atoms with van der Waals surface area (Å²) in [4.78, 5) is 34.5. The Bertz CT molecular complexity index is 928. The molecule has 2 aromatic rings. The van der Waals surface area contributed by atoms with E-state index >= 15 is 0 Å². The zero-order valence-corrected chi connectivity index (χ0v) is 13.9. The van der Waals surface area contributed by atoms with Gasteiger partial charge in [-0.2, -0.15) is 10.2 Å². The molecule has 2 aliphatic heterocycles. The van der Waals surface area contributed by atoms with Gasteiger partial charge in [0.15, 0.2) is 0 Å². The normalized spacial score (nSPS) is 22.3. The Morgan fingerprint density at radius 3 is 2.62 bits per heavy atom. The Balaban J connectivity index is 1.84. The summed E-state index contributed by atoms with van der Waals surface area (Å²) >= 11 is 0. The molecular formula is C18H17N5O3. The van der Waals surface area contributed by atoms with Crippen molar-refractivity contribution in [2.24, 2.45) is 5.92 Å². The van der Waals surface area contributed by atoms with Crippen molar-refractivity contribution < 1.29 is 9.53 Å². The maximum atomic E-state index is 12.9. The van der Waals surface area contributed by atoms with Gasteiger partial charge in [0.05, 0.1) is 24.8 Å². The molecule has 1 saturated heterocycles. The van der Waals surface area contributed by atoms with Gasteiger partial charge in [-0.1, -0.05) is 30.3 Å². The fourth-order valence-corrected chi connectivity index (χ4v) is 3.44. The van der Waals surface area contributed by atoms with Crippen LogP contribution in [0.1, 0.15) is 17.0 Å². The Labute approximate surface area is 149 Å². The summed E-state index contributed by atoms with van der Waals surface area (Å²) < 4.78 is 5.32. The first-order chi connectivity index (χ1) is 12.7. The molecule has 4 rings (SSSR count).